The summed E-state index contributed by atoms with van der Waals surface area (Å²) in [6.45, 7) is 3.68. The number of nitrogens with one attached hydrogen (secondary N) is 1. The smallest absolute Gasteiger partial charge is 0.341 e. The number of nitrogens with zero attached hydrogens (tertiary/aromatic N) is 2. The summed E-state index contributed by atoms with van der Waals surface area (Å²) in [6, 6.07) is 7.43. The highest BCUT2D eigenvalue weighted by Gasteiger charge is 2.23. The fraction of sp³-hybridized carbons (Fsp3) is 0.190. The molecule has 0 bridgehead atoms. The molecule has 0 aliphatic carbocycles. The van der Waals surface area contributed by atoms with Crippen molar-refractivity contribution in [3.8, 4) is 16.2 Å². The maximum atomic E-state index is 12.5. The summed E-state index contributed by atoms with van der Waals surface area (Å²) >= 11 is 2.81. The van der Waals surface area contributed by atoms with Crippen LogP contribution in [-0.2, 0) is 9.53 Å². The summed E-state index contributed by atoms with van der Waals surface area (Å²) in [5.74, 6) is -0.321. The van der Waals surface area contributed by atoms with Gasteiger partial charge in [0.2, 0.25) is 0 Å². The van der Waals surface area contributed by atoms with Crippen LogP contribution in [0.5, 0.6) is 5.75 Å². The van der Waals surface area contributed by atoms with Crippen LogP contribution in [-0.4, -0.2) is 34.5 Å². The topological polar surface area (TPSA) is 81.9 Å². The van der Waals surface area contributed by atoms with Crippen LogP contribution in [0.25, 0.3) is 16.1 Å². The van der Waals surface area contributed by atoms with E-state index >= 15 is 0 Å². The molecule has 0 fully saturated rings. The molecule has 4 aromatic heterocycles. The number of carbonyl (C=O) groups is 2. The first-order valence-corrected chi connectivity index (χ1v) is 11.0. The van der Waals surface area contributed by atoms with Gasteiger partial charge < -0.3 is 19.2 Å². The third-order valence-corrected chi connectivity index (χ3v) is 6.03. The fourth-order valence-corrected chi connectivity index (χ4v) is 4.79. The first kappa shape index (κ1) is 20.1. The average molecular weight is 442 g/mol. The number of imidazole rings is 1. The zero-order valence-electron chi connectivity index (χ0n) is 16.4. The van der Waals surface area contributed by atoms with Gasteiger partial charge in [-0.25, -0.2) is 9.78 Å². The Bertz CT molecular complexity index is 1190. The number of aryl methyl sites for hydroxylation is 1. The largest absolute Gasteiger partial charge is 0.480 e. The highest BCUT2D eigenvalue weighted by molar-refractivity contribution is 7.17. The summed E-state index contributed by atoms with van der Waals surface area (Å²) in [6.07, 6.45) is 3.75. The molecule has 0 spiro atoms. The second-order valence-corrected chi connectivity index (χ2v) is 8.20. The predicted octanol–water partition coefficient (Wildman–Crippen LogP) is 4.63. The minimum absolute atomic E-state index is 0.208. The van der Waals surface area contributed by atoms with Crippen molar-refractivity contribution in [3.05, 3.63) is 58.7 Å². The molecule has 4 heterocycles. The number of aromatic nitrogens is 2. The molecule has 0 unspecified atom stereocenters. The number of pyridine rings is 1. The highest BCUT2D eigenvalue weighted by atomic mass is 32.1. The number of anilines is 1. The lowest BCUT2D eigenvalue weighted by molar-refractivity contribution is -0.118. The first-order valence-electron chi connectivity index (χ1n) is 9.26. The molecule has 1 amide bonds. The molecule has 0 atom stereocenters. The van der Waals surface area contributed by atoms with E-state index in [9.17, 15) is 9.59 Å². The van der Waals surface area contributed by atoms with Crippen molar-refractivity contribution in [1.29, 1.82) is 0 Å². The minimum atomic E-state index is -0.462. The zero-order chi connectivity index (χ0) is 21.1. The molecule has 0 radical (unpaired) electrons. The van der Waals surface area contributed by atoms with Gasteiger partial charge in [0.25, 0.3) is 5.91 Å². The van der Waals surface area contributed by atoms with Gasteiger partial charge in [-0.2, -0.15) is 0 Å². The van der Waals surface area contributed by atoms with Gasteiger partial charge in [0.15, 0.2) is 18.0 Å². The predicted molar refractivity (Wildman–Crippen MR) is 118 cm³/mol. The summed E-state index contributed by atoms with van der Waals surface area (Å²) in [5, 5.41) is 7.02. The SMILES string of the molecule is CCOC(=O)c1c(-c2cccs2)csc1NC(=O)COc1cccn2cc(C)nc12. The Morgan fingerprint density at radius 2 is 2.10 bits per heavy atom. The second-order valence-electron chi connectivity index (χ2n) is 6.37. The monoisotopic (exact) mass is 441 g/mol. The van der Waals surface area contributed by atoms with Gasteiger partial charge in [-0.05, 0) is 37.4 Å². The molecule has 0 saturated carbocycles. The quantitative estimate of drug-likeness (QED) is 0.423. The van der Waals surface area contributed by atoms with Crippen molar-refractivity contribution in [2.45, 2.75) is 13.8 Å². The second kappa shape index (κ2) is 8.68. The third-order valence-electron chi connectivity index (χ3n) is 4.24. The van der Waals surface area contributed by atoms with Crippen molar-refractivity contribution in [3.63, 3.8) is 0 Å². The summed E-state index contributed by atoms with van der Waals surface area (Å²) in [4.78, 5) is 30.4. The third kappa shape index (κ3) is 4.07. The number of thiophene rings is 2. The van der Waals surface area contributed by atoms with Crippen LogP contribution >= 0.6 is 22.7 Å². The Labute approximate surface area is 180 Å². The Morgan fingerprint density at radius 3 is 2.87 bits per heavy atom. The summed E-state index contributed by atoms with van der Waals surface area (Å²) in [5.41, 5.74) is 2.62. The normalized spacial score (nSPS) is 10.9. The molecule has 0 saturated heterocycles. The molecule has 0 aromatic carbocycles. The van der Waals surface area contributed by atoms with E-state index < -0.39 is 5.97 Å². The average Bonchev–Trinajstić information content (AvgIpc) is 3.45. The molecular formula is C21H19N3O4S2. The molecule has 30 heavy (non-hydrogen) atoms. The van der Waals surface area contributed by atoms with Gasteiger partial charge in [0.1, 0.15) is 10.6 Å². The highest BCUT2D eigenvalue weighted by Crippen LogP contribution is 2.38. The number of hydrogen-bond acceptors (Lipinski definition) is 7. The van der Waals surface area contributed by atoms with E-state index in [1.54, 1.807) is 13.0 Å². The fourth-order valence-electron chi connectivity index (χ4n) is 3.00. The van der Waals surface area contributed by atoms with E-state index in [-0.39, 0.29) is 19.1 Å². The molecule has 4 rings (SSSR count). The molecule has 7 nitrogen and oxygen atoms in total. The molecular weight excluding hydrogens is 422 g/mol. The lowest BCUT2D eigenvalue weighted by Gasteiger charge is -2.09. The number of ether oxygens (including phenoxy) is 2. The zero-order valence-corrected chi connectivity index (χ0v) is 18.0. The molecule has 154 valence electrons. The van der Waals surface area contributed by atoms with Crippen LogP contribution in [0, 0.1) is 6.92 Å². The summed E-state index contributed by atoms with van der Waals surface area (Å²) in [7, 11) is 0. The van der Waals surface area contributed by atoms with E-state index in [1.807, 2.05) is 52.7 Å². The van der Waals surface area contributed by atoms with Crippen LogP contribution in [0.3, 0.4) is 0 Å². The number of rotatable bonds is 7. The lowest BCUT2D eigenvalue weighted by Crippen LogP contribution is -2.21. The van der Waals surface area contributed by atoms with Crippen molar-refractivity contribution >= 4 is 45.2 Å². The molecule has 1 N–H and O–H groups in total. The van der Waals surface area contributed by atoms with Crippen molar-refractivity contribution < 1.29 is 19.1 Å². The van der Waals surface area contributed by atoms with Crippen LogP contribution in [0.15, 0.2) is 47.4 Å². The maximum absolute atomic E-state index is 12.5. The first-order chi connectivity index (χ1) is 14.6. The van der Waals surface area contributed by atoms with Crippen LogP contribution < -0.4 is 10.1 Å². The van der Waals surface area contributed by atoms with Gasteiger partial charge in [-0.3, -0.25) is 4.79 Å². The van der Waals surface area contributed by atoms with Crippen LogP contribution in [0.4, 0.5) is 5.00 Å². The standard InChI is InChI=1S/C21H19N3O4S2/c1-3-27-21(26)18-14(16-7-5-9-29-16)12-30-20(18)23-17(25)11-28-15-6-4-8-24-10-13(2)22-19(15)24/h4-10,12H,3,11H2,1-2H3,(H,23,25). The van der Waals surface area contributed by atoms with Gasteiger partial charge in [0.05, 0.1) is 12.3 Å². The lowest BCUT2D eigenvalue weighted by atomic mass is 10.1. The van der Waals surface area contributed by atoms with Crippen LogP contribution in [0.1, 0.15) is 23.0 Å². The van der Waals surface area contributed by atoms with Crippen molar-refractivity contribution in [2.24, 2.45) is 0 Å². The maximum Gasteiger partial charge on any atom is 0.341 e. The van der Waals surface area contributed by atoms with E-state index in [1.165, 1.54) is 22.7 Å². The van der Waals surface area contributed by atoms with E-state index in [2.05, 4.69) is 10.3 Å². The van der Waals surface area contributed by atoms with Crippen LogP contribution in [0.2, 0.25) is 0 Å². The molecule has 4 aromatic rings. The van der Waals surface area contributed by atoms with E-state index in [0.29, 0.717) is 22.0 Å². The van der Waals surface area contributed by atoms with Gasteiger partial charge in [-0.1, -0.05) is 6.07 Å². The number of hydrogen-bond donors (Lipinski definition) is 1. The van der Waals surface area contributed by atoms with E-state index in [4.69, 9.17) is 9.47 Å². The van der Waals surface area contributed by atoms with Gasteiger partial charge in [0, 0.05) is 28.2 Å². The van der Waals surface area contributed by atoms with Gasteiger partial charge in [-0.15, -0.1) is 22.7 Å². The minimum Gasteiger partial charge on any atom is -0.480 e. The molecule has 0 aliphatic rings. The Hall–Kier alpha value is -3.17. The molecule has 0 aliphatic heterocycles. The Morgan fingerprint density at radius 1 is 1.23 bits per heavy atom. The molecule has 9 heteroatoms. The Balaban J connectivity index is 1.52. The summed E-state index contributed by atoms with van der Waals surface area (Å²) < 4.78 is 12.7. The van der Waals surface area contributed by atoms with Crippen molar-refractivity contribution in [2.75, 3.05) is 18.5 Å². The number of esters is 1. The Kier molecular flexibility index (Phi) is 5.82. The van der Waals surface area contributed by atoms with Gasteiger partial charge >= 0.3 is 5.97 Å². The number of fused-ring (bicyclic) bond motifs is 1. The van der Waals surface area contributed by atoms with Crippen molar-refractivity contribution in [1.82, 2.24) is 9.38 Å². The number of amides is 1. The van der Waals surface area contributed by atoms with E-state index in [0.717, 1.165) is 16.1 Å². The number of carbonyl (C=O) groups excluding carboxylic acids is 2.